The Labute approximate surface area is 154 Å². The van der Waals surface area contributed by atoms with E-state index in [0.29, 0.717) is 10.7 Å². The van der Waals surface area contributed by atoms with Gasteiger partial charge >= 0.3 is 6.18 Å². The second-order valence-corrected chi connectivity index (χ2v) is 7.58. The lowest BCUT2D eigenvalue weighted by Gasteiger charge is -2.38. The molecule has 2 aliphatic heterocycles. The van der Waals surface area contributed by atoms with Gasteiger partial charge in [-0.05, 0) is 5.56 Å². The number of hydrogen-bond donors (Lipinski definition) is 1. The zero-order chi connectivity index (χ0) is 18.9. The van der Waals surface area contributed by atoms with Crippen molar-refractivity contribution in [2.24, 2.45) is 4.99 Å². The van der Waals surface area contributed by atoms with Gasteiger partial charge in [-0.3, -0.25) is 4.99 Å². The van der Waals surface area contributed by atoms with Gasteiger partial charge in [0.25, 0.3) is 0 Å². The van der Waals surface area contributed by atoms with E-state index in [1.165, 1.54) is 11.8 Å². The molecule has 2 aliphatic rings. The predicted octanol–water partition coefficient (Wildman–Crippen LogP) is 2.64. The van der Waals surface area contributed by atoms with Crippen molar-refractivity contribution in [3.8, 4) is 0 Å². The number of nitrogens with zero attached hydrogens (tertiary/aromatic N) is 2. The molecular weight excluding hydrogens is 369 g/mol. The molecule has 3 rings (SSSR count). The van der Waals surface area contributed by atoms with Crippen molar-refractivity contribution >= 4 is 16.9 Å². The number of halogens is 3. The molecule has 5 atom stereocenters. The summed E-state index contributed by atoms with van der Waals surface area (Å²) in [6.45, 7) is -0.179. The number of aliphatic imine (C=N–C) groups is 1. The van der Waals surface area contributed by atoms with Crippen LogP contribution in [-0.2, 0) is 16.1 Å². The molecular formula is C17H21F3N2O3S. The van der Waals surface area contributed by atoms with Crippen molar-refractivity contribution in [2.75, 3.05) is 14.1 Å². The van der Waals surface area contributed by atoms with E-state index in [1.807, 2.05) is 0 Å². The lowest BCUT2D eigenvalue weighted by molar-refractivity contribution is -0.267. The molecule has 0 amide bonds. The van der Waals surface area contributed by atoms with E-state index in [1.54, 1.807) is 49.3 Å². The third kappa shape index (κ3) is 4.33. The highest BCUT2D eigenvalue weighted by atomic mass is 32.2. The predicted molar refractivity (Wildman–Crippen MR) is 92.9 cm³/mol. The van der Waals surface area contributed by atoms with Crippen LogP contribution in [0.25, 0.3) is 0 Å². The standard InChI is InChI=1S/C17H21F3N2O3S/c1-22(2)16-21-13-11(23)8-12(25-15(13)26-16)14(17(18,19)20)24-9-10-6-4-3-5-7-10/h3-7,11-15,23H,8-9H2,1-2H3/t11-,12-,13+,14+,15+/m0/s1. The first-order valence-corrected chi connectivity index (χ1v) is 9.11. The largest absolute Gasteiger partial charge is 0.417 e. The summed E-state index contributed by atoms with van der Waals surface area (Å²) in [5.74, 6) is 0. The van der Waals surface area contributed by atoms with Crippen molar-refractivity contribution < 1.29 is 27.8 Å². The first-order chi connectivity index (χ1) is 12.3. The van der Waals surface area contributed by atoms with E-state index in [9.17, 15) is 18.3 Å². The van der Waals surface area contributed by atoms with E-state index in [-0.39, 0.29) is 13.0 Å². The zero-order valence-corrected chi connectivity index (χ0v) is 15.2. The molecule has 0 bridgehead atoms. The molecule has 26 heavy (non-hydrogen) atoms. The number of alkyl halides is 3. The fraction of sp³-hybridized carbons (Fsp3) is 0.588. The lowest BCUT2D eigenvalue weighted by Crippen LogP contribution is -2.53. The van der Waals surface area contributed by atoms with E-state index in [0.717, 1.165) is 0 Å². The average molecular weight is 390 g/mol. The van der Waals surface area contributed by atoms with Crippen molar-refractivity contribution in [3.63, 3.8) is 0 Å². The minimum Gasteiger partial charge on any atom is -0.391 e. The third-order valence-electron chi connectivity index (χ3n) is 4.25. The first kappa shape index (κ1) is 19.5. The Bertz CT molecular complexity index is 642. The summed E-state index contributed by atoms with van der Waals surface area (Å²) in [6, 6.07) is 8.10. The van der Waals surface area contributed by atoms with Gasteiger partial charge in [0.05, 0.1) is 18.8 Å². The monoisotopic (exact) mass is 390 g/mol. The van der Waals surface area contributed by atoms with Gasteiger partial charge in [-0.15, -0.1) is 0 Å². The van der Waals surface area contributed by atoms with Gasteiger partial charge in [0.1, 0.15) is 11.5 Å². The minimum atomic E-state index is -4.60. The van der Waals surface area contributed by atoms with Gasteiger partial charge in [0.2, 0.25) is 0 Å². The Morgan fingerprint density at radius 1 is 1.35 bits per heavy atom. The van der Waals surface area contributed by atoms with E-state index < -0.39 is 36.0 Å². The topological polar surface area (TPSA) is 54.3 Å². The van der Waals surface area contributed by atoms with Gasteiger partial charge in [0, 0.05) is 20.5 Å². The molecule has 5 nitrogen and oxygen atoms in total. The van der Waals surface area contributed by atoms with Gasteiger partial charge in [-0.25, -0.2) is 0 Å². The highest BCUT2D eigenvalue weighted by Gasteiger charge is 2.53. The molecule has 0 aliphatic carbocycles. The molecule has 9 heteroatoms. The summed E-state index contributed by atoms with van der Waals surface area (Å²) >= 11 is 1.22. The Balaban J connectivity index is 1.70. The average Bonchev–Trinajstić information content (AvgIpc) is 3.00. The fourth-order valence-corrected chi connectivity index (χ4v) is 4.14. The summed E-state index contributed by atoms with van der Waals surface area (Å²) in [7, 11) is 3.57. The molecule has 0 spiro atoms. The third-order valence-corrected chi connectivity index (χ3v) is 5.56. The summed E-state index contributed by atoms with van der Waals surface area (Å²) in [5.41, 5.74) is -0.00391. The van der Waals surface area contributed by atoms with Crippen LogP contribution in [0.4, 0.5) is 13.2 Å². The Morgan fingerprint density at radius 3 is 2.65 bits per heavy atom. The van der Waals surface area contributed by atoms with Crippen LogP contribution in [0.2, 0.25) is 0 Å². The maximum atomic E-state index is 13.6. The van der Waals surface area contributed by atoms with Crippen LogP contribution in [0.3, 0.4) is 0 Å². The quantitative estimate of drug-likeness (QED) is 0.857. The highest BCUT2D eigenvalue weighted by molar-refractivity contribution is 8.14. The van der Waals surface area contributed by atoms with Crippen LogP contribution in [0.1, 0.15) is 12.0 Å². The molecule has 0 radical (unpaired) electrons. The van der Waals surface area contributed by atoms with Crippen LogP contribution in [0, 0.1) is 0 Å². The summed E-state index contributed by atoms with van der Waals surface area (Å²) in [6.07, 6.45) is -9.17. The number of aliphatic hydroxyl groups is 1. The van der Waals surface area contributed by atoms with Gasteiger partial charge in [0.15, 0.2) is 11.3 Å². The Hall–Kier alpha value is -1.29. The van der Waals surface area contributed by atoms with Crippen LogP contribution >= 0.6 is 11.8 Å². The van der Waals surface area contributed by atoms with Crippen LogP contribution in [0.15, 0.2) is 35.3 Å². The smallest absolute Gasteiger partial charge is 0.391 e. The second kappa shape index (κ2) is 7.75. The van der Waals surface area contributed by atoms with Crippen molar-refractivity contribution in [3.05, 3.63) is 35.9 Å². The Kier molecular flexibility index (Phi) is 5.81. The minimum absolute atomic E-state index is 0.176. The zero-order valence-electron chi connectivity index (χ0n) is 14.4. The van der Waals surface area contributed by atoms with Crippen LogP contribution < -0.4 is 0 Å². The maximum Gasteiger partial charge on any atom is 0.417 e. The van der Waals surface area contributed by atoms with E-state index >= 15 is 0 Å². The Morgan fingerprint density at radius 2 is 2.04 bits per heavy atom. The lowest BCUT2D eigenvalue weighted by atomic mass is 9.97. The van der Waals surface area contributed by atoms with Crippen molar-refractivity contribution in [1.82, 2.24) is 4.90 Å². The summed E-state index contributed by atoms with van der Waals surface area (Å²) in [4.78, 5) is 6.10. The number of aliphatic hydroxyl groups excluding tert-OH is 1. The number of thioether (sulfide) groups is 1. The first-order valence-electron chi connectivity index (χ1n) is 8.23. The molecule has 0 aromatic heterocycles. The SMILES string of the molecule is CN(C)C1=N[C@H]2[C@H](O[C@H]([C@@H](OCc3ccccc3)C(F)(F)F)C[C@@H]2O)S1. The number of fused-ring (bicyclic) bond motifs is 1. The van der Waals surface area contributed by atoms with Crippen LogP contribution in [-0.4, -0.2) is 65.2 Å². The van der Waals surface area contributed by atoms with E-state index in [2.05, 4.69) is 4.99 Å². The van der Waals surface area contributed by atoms with Gasteiger partial charge in [-0.2, -0.15) is 13.2 Å². The molecule has 2 heterocycles. The van der Waals surface area contributed by atoms with E-state index in [4.69, 9.17) is 9.47 Å². The molecule has 1 aromatic carbocycles. The summed E-state index contributed by atoms with van der Waals surface area (Å²) in [5, 5.41) is 10.9. The number of rotatable bonds is 4. The van der Waals surface area contributed by atoms with Crippen LogP contribution in [0.5, 0.6) is 0 Å². The summed E-state index contributed by atoms with van der Waals surface area (Å²) < 4.78 is 51.5. The normalized spacial score (nSPS) is 29.8. The number of hydrogen-bond acceptors (Lipinski definition) is 6. The molecule has 0 unspecified atom stereocenters. The van der Waals surface area contributed by atoms with Gasteiger partial charge < -0.3 is 19.5 Å². The van der Waals surface area contributed by atoms with Crippen molar-refractivity contribution in [2.45, 2.75) is 49.0 Å². The molecule has 1 saturated heterocycles. The molecule has 144 valence electrons. The molecule has 1 N–H and O–H groups in total. The molecule has 1 aromatic rings. The molecule has 0 saturated carbocycles. The number of amidine groups is 1. The second-order valence-electron chi connectivity index (χ2n) is 6.52. The molecule has 1 fully saturated rings. The highest BCUT2D eigenvalue weighted by Crippen LogP contribution is 2.40. The maximum absolute atomic E-state index is 13.6. The van der Waals surface area contributed by atoms with Crippen molar-refractivity contribution in [1.29, 1.82) is 0 Å². The van der Waals surface area contributed by atoms with Gasteiger partial charge in [-0.1, -0.05) is 42.1 Å². The number of benzene rings is 1. The fourth-order valence-electron chi connectivity index (χ4n) is 2.96. The number of ether oxygens (including phenoxy) is 2.